The van der Waals surface area contributed by atoms with Crippen LogP contribution in [0.1, 0.15) is 13.3 Å². The molecule has 13 heteroatoms. The minimum atomic E-state index is -6.37. The Hall–Kier alpha value is -2.67. The van der Waals surface area contributed by atoms with Crippen molar-refractivity contribution in [1.29, 1.82) is 0 Å². The summed E-state index contributed by atoms with van der Waals surface area (Å²) >= 11 is 0. The van der Waals surface area contributed by atoms with E-state index in [2.05, 4.69) is 16.6 Å². The second-order valence-corrected chi connectivity index (χ2v) is 6.87. The standard InChI is InChI=1S/C15H15F4NO7S/c1-9(2)12(21)27-11-5-3-4-10(8-11)20-13(22)26-7-6-14(16,17)15(18,19)28(23,24)25/h3-5,8H,1,6-7H2,2H3,(H,20,22)(H,23,24,25). The molecule has 0 saturated carbocycles. The molecule has 2 N–H and O–H groups in total. The van der Waals surface area contributed by atoms with Gasteiger partial charge in [0.2, 0.25) is 0 Å². The third-order valence-electron chi connectivity index (χ3n) is 3.04. The molecular formula is C15H15F4NO7S. The number of carbonyl (C=O) groups is 2. The summed E-state index contributed by atoms with van der Waals surface area (Å²) in [6.45, 7) is 3.50. The molecule has 0 bridgehead atoms. The van der Waals surface area contributed by atoms with Crippen LogP contribution in [0.3, 0.4) is 0 Å². The Labute approximate surface area is 156 Å². The van der Waals surface area contributed by atoms with E-state index in [4.69, 9.17) is 9.29 Å². The summed E-state index contributed by atoms with van der Waals surface area (Å²) in [5, 5.41) is -3.68. The fourth-order valence-corrected chi connectivity index (χ4v) is 2.07. The third kappa shape index (κ3) is 5.92. The molecule has 0 unspecified atom stereocenters. The Kier molecular flexibility index (Phi) is 7.15. The van der Waals surface area contributed by atoms with Gasteiger partial charge in [-0.3, -0.25) is 9.87 Å². The number of alkyl halides is 4. The van der Waals surface area contributed by atoms with Crippen LogP contribution in [0, 0.1) is 0 Å². The van der Waals surface area contributed by atoms with Gasteiger partial charge in [0.25, 0.3) is 0 Å². The number of amides is 1. The first-order valence-electron chi connectivity index (χ1n) is 7.31. The van der Waals surface area contributed by atoms with Crippen LogP contribution in [0.25, 0.3) is 0 Å². The molecule has 0 aliphatic carbocycles. The van der Waals surface area contributed by atoms with Crippen molar-refractivity contribution in [2.45, 2.75) is 24.5 Å². The molecule has 1 aromatic rings. The van der Waals surface area contributed by atoms with E-state index < -0.39 is 46.4 Å². The first-order chi connectivity index (χ1) is 12.7. The molecule has 1 amide bonds. The highest BCUT2D eigenvalue weighted by Gasteiger charge is 2.65. The van der Waals surface area contributed by atoms with Crippen LogP contribution in [0.2, 0.25) is 0 Å². The van der Waals surface area contributed by atoms with Crippen molar-refractivity contribution in [3.05, 3.63) is 36.4 Å². The lowest BCUT2D eigenvalue weighted by atomic mass is 10.2. The molecule has 0 aliphatic heterocycles. The molecule has 0 atom stereocenters. The molecule has 156 valence electrons. The molecule has 8 nitrogen and oxygen atoms in total. The van der Waals surface area contributed by atoms with Gasteiger partial charge in [0.1, 0.15) is 5.75 Å². The molecule has 0 saturated heterocycles. The summed E-state index contributed by atoms with van der Waals surface area (Å²) in [4.78, 5) is 22.9. The van der Waals surface area contributed by atoms with Crippen LogP contribution in [0.15, 0.2) is 36.4 Å². The van der Waals surface area contributed by atoms with Crippen molar-refractivity contribution in [2.75, 3.05) is 11.9 Å². The number of benzene rings is 1. The number of hydrogen-bond donors (Lipinski definition) is 2. The maximum Gasteiger partial charge on any atom is 0.431 e. The van der Waals surface area contributed by atoms with Gasteiger partial charge in [-0.05, 0) is 19.1 Å². The van der Waals surface area contributed by atoms with Crippen molar-refractivity contribution in [1.82, 2.24) is 0 Å². The Bertz CT molecular complexity index is 871. The van der Waals surface area contributed by atoms with E-state index in [-0.39, 0.29) is 17.0 Å². The Balaban J connectivity index is 2.64. The van der Waals surface area contributed by atoms with Gasteiger partial charge in [-0.15, -0.1) is 0 Å². The zero-order valence-corrected chi connectivity index (χ0v) is 15.1. The van der Waals surface area contributed by atoms with Crippen molar-refractivity contribution >= 4 is 27.9 Å². The monoisotopic (exact) mass is 429 g/mol. The maximum absolute atomic E-state index is 13.3. The maximum atomic E-state index is 13.3. The molecule has 0 spiro atoms. The minimum absolute atomic E-state index is 0.0186. The van der Waals surface area contributed by atoms with Crippen molar-refractivity contribution < 1.29 is 49.6 Å². The summed E-state index contributed by atoms with van der Waals surface area (Å²) in [5.74, 6) is -5.90. The summed E-state index contributed by atoms with van der Waals surface area (Å²) < 4.78 is 90.6. The highest BCUT2D eigenvalue weighted by atomic mass is 32.2. The molecule has 0 fully saturated rings. The highest BCUT2D eigenvalue weighted by molar-refractivity contribution is 7.87. The molecule has 1 aromatic carbocycles. The molecule has 0 aliphatic rings. The average Bonchev–Trinajstić information content (AvgIpc) is 2.53. The Morgan fingerprint density at radius 2 is 1.86 bits per heavy atom. The number of nitrogens with one attached hydrogen (secondary N) is 1. The summed E-state index contributed by atoms with van der Waals surface area (Å²) in [6, 6.07) is 5.25. The minimum Gasteiger partial charge on any atom is -0.449 e. The molecule has 0 heterocycles. The normalized spacial score (nSPS) is 12.2. The lowest BCUT2D eigenvalue weighted by Crippen LogP contribution is -2.47. The van der Waals surface area contributed by atoms with Crippen molar-refractivity contribution in [3.8, 4) is 5.75 Å². The SMILES string of the molecule is C=C(C)C(=O)Oc1cccc(NC(=O)OCCC(F)(F)C(F)(F)S(=O)(=O)O)c1. The zero-order valence-electron chi connectivity index (χ0n) is 14.2. The molecule has 1 rings (SSSR count). The lowest BCUT2D eigenvalue weighted by Gasteiger charge is -2.23. The third-order valence-corrected chi connectivity index (χ3v) is 3.99. The first kappa shape index (κ1) is 23.4. The van der Waals surface area contributed by atoms with Crippen LogP contribution in [-0.4, -0.2) is 42.8 Å². The highest BCUT2D eigenvalue weighted by Crippen LogP contribution is 2.40. The molecule has 0 aromatic heterocycles. The fraction of sp³-hybridized carbons (Fsp3) is 0.333. The molecule has 28 heavy (non-hydrogen) atoms. The number of rotatable bonds is 8. The van der Waals surface area contributed by atoms with E-state index in [1.165, 1.54) is 31.2 Å². The van der Waals surface area contributed by atoms with Crippen LogP contribution >= 0.6 is 0 Å². The van der Waals surface area contributed by atoms with E-state index in [1.807, 2.05) is 0 Å². The van der Waals surface area contributed by atoms with Gasteiger partial charge in [0, 0.05) is 17.3 Å². The van der Waals surface area contributed by atoms with Gasteiger partial charge in [-0.1, -0.05) is 12.6 Å². The van der Waals surface area contributed by atoms with E-state index >= 15 is 0 Å². The quantitative estimate of drug-likeness (QED) is 0.214. The largest absolute Gasteiger partial charge is 0.449 e. The number of halogens is 4. The van der Waals surface area contributed by atoms with Gasteiger partial charge in [-0.2, -0.15) is 26.0 Å². The van der Waals surface area contributed by atoms with Gasteiger partial charge < -0.3 is 9.47 Å². The average molecular weight is 429 g/mol. The van der Waals surface area contributed by atoms with E-state index in [9.17, 15) is 35.6 Å². The van der Waals surface area contributed by atoms with Gasteiger partial charge in [0.05, 0.1) is 13.0 Å². The topological polar surface area (TPSA) is 119 Å². The molecule has 0 radical (unpaired) electrons. The van der Waals surface area contributed by atoms with Crippen molar-refractivity contribution in [3.63, 3.8) is 0 Å². The first-order valence-corrected chi connectivity index (χ1v) is 8.75. The second kappa shape index (κ2) is 8.56. The second-order valence-electron chi connectivity index (χ2n) is 5.40. The predicted octanol–water partition coefficient (Wildman–Crippen LogP) is 3.22. The number of carbonyl (C=O) groups excluding carboxylic acids is 2. The van der Waals surface area contributed by atoms with Crippen LogP contribution in [0.4, 0.5) is 28.0 Å². The Morgan fingerprint density at radius 1 is 1.25 bits per heavy atom. The summed E-state index contributed by atoms with van der Waals surface area (Å²) in [6.07, 6.45) is -3.20. The van der Waals surface area contributed by atoms with Gasteiger partial charge in [0.15, 0.2) is 0 Å². The van der Waals surface area contributed by atoms with Crippen LogP contribution in [-0.2, 0) is 19.6 Å². The molecular weight excluding hydrogens is 414 g/mol. The van der Waals surface area contributed by atoms with E-state index in [1.54, 1.807) is 0 Å². The fourth-order valence-electron chi connectivity index (χ4n) is 1.59. The summed E-state index contributed by atoms with van der Waals surface area (Å²) in [5.41, 5.74) is 0.132. The van der Waals surface area contributed by atoms with Crippen LogP contribution < -0.4 is 10.1 Å². The van der Waals surface area contributed by atoms with E-state index in [0.717, 1.165) is 0 Å². The zero-order chi connectivity index (χ0) is 21.8. The number of anilines is 1. The van der Waals surface area contributed by atoms with Crippen molar-refractivity contribution in [2.24, 2.45) is 0 Å². The Morgan fingerprint density at radius 3 is 2.39 bits per heavy atom. The smallest absolute Gasteiger partial charge is 0.431 e. The number of esters is 1. The van der Waals surface area contributed by atoms with Gasteiger partial charge in [-0.25, -0.2) is 9.59 Å². The number of hydrogen-bond acceptors (Lipinski definition) is 6. The number of ether oxygens (including phenoxy) is 2. The van der Waals surface area contributed by atoms with Crippen LogP contribution in [0.5, 0.6) is 5.75 Å². The lowest BCUT2D eigenvalue weighted by molar-refractivity contribution is -0.168. The summed E-state index contributed by atoms with van der Waals surface area (Å²) in [7, 11) is -6.37. The van der Waals surface area contributed by atoms with E-state index in [0.29, 0.717) is 0 Å². The van der Waals surface area contributed by atoms with Gasteiger partial charge >= 0.3 is 33.4 Å². The predicted molar refractivity (Wildman–Crippen MR) is 87.9 cm³/mol.